The van der Waals surface area contributed by atoms with E-state index in [0.717, 1.165) is 18.7 Å². The van der Waals surface area contributed by atoms with Gasteiger partial charge in [0.2, 0.25) is 0 Å². The van der Waals surface area contributed by atoms with Gasteiger partial charge in [-0.1, -0.05) is 12.1 Å². The Bertz CT molecular complexity index is 453. The summed E-state index contributed by atoms with van der Waals surface area (Å²) in [7, 11) is 0. The van der Waals surface area contributed by atoms with Crippen LogP contribution in [0.4, 0.5) is 5.69 Å². The smallest absolute Gasteiger partial charge is 0.253 e. The maximum absolute atomic E-state index is 12.1. The van der Waals surface area contributed by atoms with E-state index in [2.05, 4.69) is 17.1 Å². The molecule has 4 nitrogen and oxygen atoms in total. The lowest BCUT2D eigenvalue weighted by Gasteiger charge is -2.24. The number of nitrogens with one attached hydrogen (secondary N) is 1. The monoisotopic (exact) mass is 261 g/mol. The molecule has 2 rings (SSSR count). The van der Waals surface area contributed by atoms with Crippen LogP contribution < -0.4 is 11.1 Å². The molecule has 3 N–H and O–H groups in total. The molecular weight excluding hydrogens is 238 g/mol. The first-order chi connectivity index (χ1) is 9.09. The number of likely N-dealkylation sites (tertiary alicyclic amines) is 1. The van der Waals surface area contributed by atoms with Crippen LogP contribution in [0.25, 0.3) is 0 Å². The van der Waals surface area contributed by atoms with Gasteiger partial charge in [0.05, 0.1) is 5.56 Å². The summed E-state index contributed by atoms with van der Waals surface area (Å²) in [6, 6.07) is 5.94. The minimum Gasteiger partial charge on any atom is -0.398 e. The molecule has 1 aromatic carbocycles. The number of benzene rings is 1. The topological polar surface area (TPSA) is 58.4 Å². The largest absolute Gasteiger partial charge is 0.398 e. The molecule has 0 saturated carbocycles. The molecule has 1 aromatic rings. The van der Waals surface area contributed by atoms with Gasteiger partial charge in [-0.3, -0.25) is 9.69 Å². The second-order valence-corrected chi connectivity index (χ2v) is 5.34. The number of nitrogens with zero attached hydrogens (tertiary/aromatic N) is 1. The lowest BCUT2D eigenvalue weighted by Crippen LogP contribution is -2.40. The minimum absolute atomic E-state index is 0.0766. The predicted molar refractivity (Wildman–Crippen MR) is 78.2 cm³/mol. The summed E-state index contributed by atoms with van der Waals surface area (Å²) in [6.45, 7) is 7.03. The van der Waals surface area contributed by atoms with Gasteiger partial charge in [0.25, 0.3) is 5.91 Å². The number of hydrogen-bond donors (Lipinski definition) is 2. The highest BCUT2D eigenvalue weighted by molar-refractivity contribution is 5.99. The Morgan fingerprint density at radius 3 is 2.79 bits per heavy atom. The molecule has 1 heterocycles. The van der Waals surface area contributed by atoms with Crippen molar-refractivity contribution < 1.29 is 4.79 Å². The molecule has 0 aromatic heterocycles. The highest BCUT2D eigenvalue weighted by Gasteiger charge is 2.19. The Morgan fingerprint density at radius 1 is 1.42 bits per heavy atom. The summed E-state index contributed by atoms with van der Waals surface area (Å²) >= 11 is 0. The fourth-order valence-electron chi connectivity index (χ4n) is 2.53. The lowest BCUT2D eigenvalue weighted by molar-refractivity contribution is 0.0941. The number of aryl methyl sites for hydroxylation is 1. The zero-order valence-electron chi connectivity index (χ0n) is 11.8. The van der Waals surface area contributed by atoms with Crippen molar-refractivity contribution in [3.05, 3.63) is 29.3 Å². The van der Waals surface area contributed by atoms with E-state index in [1.807, 2.05) is 19.1 Å². The zero-order valence-corrected chi connectivity index (χ0v) is 11.8. The van der Waals surface area contributed by atoms with Crippen LogP contribution in [0.2, 0.25) is 0 Å². The van der Waals surface area contributed by atoms with Gasteiger partial charge in [-0.05, 0) is 51.4 Å². The number of anilines is 1. The van der Waals surface area contributed by atoms with E-state index >= 15 is 0 Å². The molecular formula is C15H23N3O. The van der Waals surface area contributed by atoms with Gasteiger partial charge in [-0.2, -0.15) is 0 Å². The van der Waals surface area contributed by atoms with Gasteiger partial charge in [-0.25, -0.2) is 0 Å². The van der Waals surface area contributed by atoms with Crippen LogP contribution >= 0.6 is 0 Å². The van der Waals surface area contributed by atoms with Crippen LogP contribution in [-0.2, 0) is 0 Å². The second-order valence-electron chi connectivity index (χ2n) is 5.34. The molecule has 4 heteroatoms. The quantitative estimate of drug-likeness (QED) is 0.812. The Labute approximate surface area is 115 Å². The lowest BCUT2D eigenvalue weighted by atomic mass is 10.1. The molecule has 1 aliphatic heterocycles. The summed E-state index contributed by atoms with van der Waals surface area (Å²) in [5, 5.41) is 2.98. The second kappa shape index (κ2) is 6.06. The highest BCUT2D eigenvalue weighted by Crippen LogP contribution is 2.16. The van der Waals surface area contributed by atoms with Crippen LogP contribution in [0.5, 0.6) is 0 Å². The van der Waals surface area contributed by atoms with E-state index in [1.165, 1.54) is 12.8 Å². The van der Waals surface area contributed by atoms with Crippen LogP contribution in [0.15, 0.2) is 18.2 Å². The van der Waals surface area contributed by atoms with Crippen molar-refractivity contribution in [2.45, 2.75) is 32.7 Å². The standard InChI is InChI=1S/C15H23N3O/c1-11-6-5-7-13(14(11)16)15(19)17-10-12(2)18-8-3-4-9-18/h5-7,12H,3-4,8-10,16H2,1-2H3,(H,17,19). The van der Waals surface area contributed by atoms with Gasteiger partial charge < -0.3 is 11.1 Å². The van der Waals surface area contributed by atoms with Crippen molar-refractivity contribution in [1.82, 2.24) is 10.2 Å². The molecule has 0 radical (unpaired) electrons. The number of nitrogen functional groups attached to an aromatic ring is 1. The molecule has 1 fully saturated rings. The van der Waals surface area contributed by atoms with E-state index in [-0.39, 0.29) is 5.91 Å². The summed E-state index contributed by atoms with van der Waals surface area (Å²) in [5.74, 6) is -0.0766. The van der Waals surface area contributed by atoms with Gasteiger partial charge in [-0.15, -0.1) is 0 Å². The van der Waals surface area contributed by atoms with Gasteiger partial charge in [0, 0.05) is 18.3 Å². The number of para-hydroxylation sites is 1. The fraction of sp³-hybridized carbons (Fsp3) is 0.533. The molecule has 19 heavy (non-hydrogen) atoms. The molecule has 1 atom stereocenters. The van der Waals surface area contributed by atoms with Gasteiger partial charge in [0.1, 0.15) is 0 Å². The Morgan fingerprint density at radius 2 is 2.11 bits per heavy atom. The molecule has 1 amide bonds. The first-order valence-electron chi connectivity index (χ1n) is 6.97. The summed E-state index contributed by atoms with van der Waals surface area (Å²) in [4.78, 5) is 14.5. The van der Waals surface area contributed by atoms with Gasteiger partial charge in [0.15, 0.2) is 0 Å². The molecule has 0 spiro atoms. The van der Waals surface area contributed by atoms with E-state index in [4.69, 9.17) is 5.73 Å². The van der Waals surface area contributed by atoms with Crippen molar-refractivity contribution in [1.29, 1.82) is 0 Å². The highest BCUT2D eigenvalue weighted by atomic mass is 16.1. The van der Waals surface area contributed by atoms with E-state index in [0.29, 0.717) is 23.8 Å². The van der Waals surface area contributed by atoms with Crippen LogP contribution in [0, 0.1) is 6.92 Å². The van der Waals surface area contributed by atoms with Crippen LogP contribution in [-0.4, -0.2) is 36.5 Å². The van der Waals surface area contributed by atoms with E-state index in [1.54, 1.807) is 6.07 Å². The number of nitrogens with two attached hydrogens (primary N) is 1. The first-order valence-corrected chi connectivity index (χ1v) is 6.97. The number of carbonyl (C=O) groups excluding carboxylic acids is 1. The first kappa shape index (κ1) is 13.9. The molecule has 0 bridgehead atoms. The fourth-order valence-corrected chi connectivity index (χ4v) is 2.53. The Balaban J connectivity index is 1.92. The van der Waals surface area contributed by atoms with Gasteiger partial charge >= 0.3 is 0 Å². The Hall–Kier alpha value is -1.55. The SMILES string of the molecule is Cc1cccc(C(=O)NCC(C)N2CCCC2)c1N. The normalized spacial score (nSPS) is 17.4. The number of amides is 1. The van der Waals surface area contributed by atoms with Crippen molar-refractivity contribution >= 4 is 11.6 Å². The summed E-state index contributed by atoms with van der Waals surface area (Å²) in [5.41, 5.74) is 8.04. The number of rotatable bonds is 4. The van der Waals surface area contributed by atoms with Crippen molar-refractivity contribution in [3.63, 3.8) is 0 Å². The van der Waals surface area contributed by atoms with Crippen molar-refractivity contribution in [3.8, 4) is 0 Å². The maximum Gasteiger partial charge on any atom is 0.253 e. The third-order valence-electron chi connectivity index (χ3n) is 3.89. The molecule has 1 unspecified atom stereocenters. The van der Waals surface area contributed by atoms with Crippen molar-refractivity contribution in [2.24, 2.45) is 0 Å². The van der Waals surface area contributed by atoms with E-state index < -0.39 is 0 Å². The van der Waals surface area contributed by atoms with Crippen LogP contribution in [0.1, 0.15) is 35.7 Å². The molecule has 1 aliphatic rings. The predicted octanol–water partition coefficient (Wildman–Crippen LogP) is 1.79. The number of hydrogen-bond acceptors (Lipinski definition) is 3. The van der Waals surface area contributed by atoms with Crippen LogP contribution in [0.3, 0.4) is 0 Å². The maximum atomic E-state index is 12.1. The third-order valence-corrected chi connectivity index (χ3v) is 3.89. The summed E-state index contributed by atoms with van der Waals surface area (Å²) < 4.78 is 0. The molecule has 1 saturated heterocycles. The Kier molecular flexibility index (Phi) is 4.43. The average Bonchev–Trinajstić information content (AvgIpc) is 2.93. The zero-order chi connectivity index (χ0) is 13.8. The summed E-state index contributed by atoms with van der Waals surface area (Å²) in [6.07, 6.45) is 2.53. The van der Waals surface area contributed by atoms with Crippen molar-refractivity contribution in [2.75, 3.05) is 25.4 Å². The third kappa shape index (κ3) is 3.26. The average molecular weight is 261 g/mol. The number of carbonyl (C=O) groups is 1. The van der Waals surface area contributed by atoms with E-state index in [9.17, 15) is 4.79 Å². The minimum atomic E-state index is -0.0766. The molecule has 0 aliphatic carbocycles. The molecule has 104 valence electrons.